The number of benzene rings is 3. The van der Waals surface area contributed by atoms with E-state index >= 15 is 0 Å². The van der Waals surface area contributed by atoms with Crippen LogP contribution in [-0.4, -0.2) is 31.5 Å². The third-order valence-electron chi connectivity index (χ3n) is 6.40. The average Bonchev–Trinajstić information content (AvgIpc) is 3.77. The average molecular weight is 554 g/mol. The molecule has 3 aromatic carbocycles. The van der Waals surface area contributed by atoms with E-state index in [9.17, 15) is 18.0 Å². The highest BCUT2D eigenvalue weighted by Gasteiger charge is 2.32. The van der Waals surface area contributed by atoms with Crippen molar-refractivity contribution in [3.05, 3.63) is 89.6 Å². The van der Waals surface area contributed by atoms with Gasteiger partial charge in [-0.25, -0.2) is 9.78 Å². The first-order valence-electron chi connectivity index (χ1n) is 12.3. The van der Waals surface area contributed by atoms with Crippen molar-refractivity contribution >= 4 is 40.2 Å². The zero-order valence-electron chi connectivity index (χ0n) is 21.3. The van der Waals surface area contributed by atoms with E-state index in [1.54, 1.807) is 25.2 Å². The van der Waals surface area contributed by atoms with Gasteiger partial charge in [0.25, 0.3) is 0 Å². The summed E-state index contributed by atoms with van der Waals surface area (Å²) in [6.07, 6.45) is -0.756. The molecule has 0 amide bonds. The van der Waals surface area contributed by atoms with Crippen molar-refractivity contribution in [3.8, 4) is 5.75 Å². The van der Waals surface area contributed by atoms with Gasteiger partial charge in [-0.1, -0.05) is 36.4 Å². The van der Waals surface area contributed by atoms with E-state index in [1.165, 1.54) is 31.2 Å². The Labute approximate surface area is 228 Å². The molecule has 39 heavy (non-hydrogen) atoms. The largest absolute Gasteiger partial charge is 0.573 e. The first-order valence-corrected chi connectivity index (χ1v) is 13.1. The van der Waals surface area contributed by atoms with Gasteiger partial charge in [0.15, 0.2) is 0 Å². The van der Waals surface area contributed by atoms with Gasteiger partial charge in [0, 0.05) is 34.8 Å². The first-order chi connectivity index (χ1) is 18.8. The quantitative estimate of drug-likeness (QED) is 0.170. The molecule has 0 radical (unpaired) electrons. The predicted molar refractivity (Wildman–Crippen MR) is 146 cm³/mol. The van der Waals surface area contributed by atoms with Crippen LogP contribution in [0.4, 0.5) is 24.7 Å². The monoisotopic (exact) mass is 553 g/mol. The number of carbonyl (C=O) groups excluding carboxylic acids is 1. The van der Waals surface area contributed by atoms with Gasteiger partial charge in [-0.15, -0.1) is 13.2 Å². The van der Waals surface area contributed by atoms with Crippen LogP contribution in [0.3, 0.4) is 0 Å². The minimum Gasteiger partial charge on any atom is -0.465 e. The molecule has 6 nitrogen and oxygen atoms in total. The summed E-state index contributed by atoms with van der Waals surface area (Å²) in [7, 11) is 3.07. The first kappa shape index (κ1) is 26.7. The van der Waals surface area contributed by atoms with Crippen LogP contribution in [0.5, 0.6) is 5.75 Å². The third-order valence-corrected chi connectivity index (χ3v) is 7.39. The van der Waals surface area contributed by atoms with Crippen molar-refractivity contribution in [1.82, 2.24) is 4.98 Å². The number of anilines is 2. The molecule has 1 aliphatic rings. The van der Waals surface area contributed by atoms with Crippen LogP contribution < -0.4 is 14.4 Å². The number of fused-ring (bicyclic) bond motifs is 1. The lowest BCUT2D eigenvalue weighted by Crippen LogP contribution is -2.18. The van der Waals surface area contributed by atoms with Crippen molar-refractivity contribution in [1.29, 1.82) is 0 Å². The molecule has 1 heterocycles. The minimum atomic E-state index is -4.75. The van der Waals surface area contributed by atoms with Gasteiger partial charge in [0.1, 0.15) is 11.6 Å². The van der Waals surface area contributed by atoms with E-state index in [-0.39, 0.29) is 5.75 Å². The number of esters is 1. The second kappa shape index (κ2) is 11.1. The van der Waals surface area contributed by atoms with Gasteiger partial charge in [-0.3, -0.25) is 4.31 Å². The van der Waals surface area contributed by atoms with E-state index in [1.807, 2.05) is 40.8 Å². The van der Waals surface area contributed by atoms with Crippen LogP contribution in [-0.2, 0) is 11.3 Å². The Balaban J connectivity index is 1.54. The van der Waals surface area contributed by atoms with E-state index in [4.69, 9.17) is 9.72 Å². The molecular formula is C29H26F3N3O3S. The maximum atomic E-state index is 12.7. The maximum Gasteiger partial charge on any atom is 0.573 e. The summed E-state index contributed by atoms with van der Waals surface area (Å²) in [6, 6.07) is 19.4. The van der Waals surface area contributed by atoms with Gasteiger partial charge >= 0.3 is 12.3 Å². The number of methoxy groups -OCH3 is 1. The topological polar surface area (TPSA) is 63.7 Å². The summed E-state index contributed by atoms with van der Waals surface area (Å²) in [5.74, 6) is 0.477. The van der Waals surface area contributed by atoms with Gasteiger partial charge in [0.2, 0.25) is 0 Å². The number of alkyl halides is 3. The lowest BCUT2D eigenvalue weighted by Gasteiger charge is -2.26. The fourth-order valence-corrected chi connectivity index (χ4v) is 5.46. The standard InChI is InChI=1S/C29H26F3N3O3S/c1-33-25-15-22(13-14-24(25)28(36)37-2)39-35(17-18-7-11-21(12-8-18)38-29(30,31)32)27-26(19-9-10-19)23-6-4-3-5-20(23)16-34-27/h3-8,11-16,19,33H,9-10,17H2,1-2H3. The van der Waals surface area contributed by atoms with Crippen LogP contribution in [0.1, 0.15) is 40.2 Å². The Hall–Kier alpha value is -3.92. The van der Waals surface area contributed by atoms with Gasteiger partial charge < -0.3 is 14.8 Å². The molecule has 0 spiro atoms. The van der Waals surface area contributed by atoms with E-state index in [2.05, 4.69) is 16.1 Å². The van der Waals surface area contributed by atoms with Crippen LogP contribution in [0.2, 0.25) is 0 Å². The zero-order valence-corrected chi connectivity index (χ0v) is 22.1. The highest BCUT2D eigenvalue weighted by atomic mass is 32.2. The number of pyridine rings is 1. The number of carbonyl (C=O) groups is 1. The lowest BCUT2D eigenvalue weighted by atomic mass is 10.0. The van der Waals surface area contributed by atoms with Crippen molar-refractivity contribution in [2.45, 2.75) is 36.6 Å². The second-order valence-electron chi connectivity index (χ2n) is 9.13. The Morgan fingerprint density at radius 3 is 2.51 bits per heavy atom. The molecule has 0 atom stereocenters. The number of hydrogen-bond acceptors (Lipinski definition) is 7. The number of aromatic nitrogens is 1. The van der Waals surface area contributed by atoms with Crippen LogP contribution >= 0.6 is 11.9 Å². The molecule has 0 aliphatic heterocycles. The predicted octanol–water partition coefficient (Wildman–Crippen LogP) is 7.55. The van der Waals surface area contributed by atoms with Crippen LogP contribution in [0.25, 0.3) is 10.8 Å². The number of nitrogens with one attached hydrogen (secondary N) is 1. The number of hydrogen-bond donors (Lipinski definition) is 1. The van der Waals surface area contributed by atoms with Gasteiger partial charge in [0.05, 0.1) is 19.2 Å². The summed E-state index contributed by atoms with van der Waals surface area (Å²) in [5.41, 5.74) is 2.99. The smallest absolute Gasteiger partial charge is 0.465 e. The zero-order chi connectivity index (χ0) is 27.6. The number of halogens is 3. The van der Waals surface area contributed by atoms with Gasteiger partial charge in [-0.2, -0.15) is 0 Å². The highest BCUT2D eigenvalue weighted by Crippen LogP contribution is 2.48. The SMILES string of the molecule is CNc1cc(SN(Cc2ccc(OC(F)(F)F)cc2)c2ncc3ccccc3c2C2CC2)ccc1C(=O)OC. The Kier molecular flexibility index (Phi) is 7.56. The van der Waals surface area contributed by atoms with E-state index in [0.717, 1.165) is 45.5 Å². The Morgan fingerprint density at radius 1 is 1.10 bits per heavy atom. The molecule has 1 aromatic heterocycles. The molecule has 5 rings (SSSR count). The molecule has 1 saturated carbocycles. The van der Waals surface area contributed by atoms with E-state index < -0.39 is 12.3 Å². The summed E-state index contributed by atoms with van der Waals surface area (Å²) < 4.78 is 48.9. The molecule has 10 heteroatoms. The molecule has 1 aliphatic carbocycles. The molecule has 202 valence electrons. The van der Waals surface area contributed by atoms with Crippen molar-refractivity contribution in [3.63, 3.8) is 0 Å². The molecular weight excluding hydrogens is 527 g/mol. The Morgan fingerprint density at radius 2 is 1.85 bits per heavy atom. The third kappa shape index (κ3) is 6.22. The van der Waals surface area contributed by atoms with Crippen LogP contribution in [0, 0.1) is 0 Å². The molecule has 1 N–H and O–H groups in total. The number of rotatable bonds is 9. The summed E-state index contributed by atoms with van der Waals surface area (Å²) >= 11 is 1.44. The molecule has 0 bridgehead atoms. The molecule has 4 aromatic rings. The van der Waals surface area contributed by atoms with Gasteiger partial charge in [-0.05, 0) is 72.0 Å². The van der Waals surface area contributed by atoms with Crippen LogP contribution in [0.15, 0.2) is 77.8 Å². The molecule has 0 unspecified atom stereocenters. The normalized spacial score (nSPS) is 13.3. The fourth-order valence-electron chi connectivity index (χ4n) is 4.46. The van der Waals surface area contributed by atoms with E-state index in [0.29, 0.717) is 23.7 Å². The molecule has 1 fully saturated rings. The maximum absolute atomic E-state index is 12.7. The highest BCUT2D eigenvalue weighted by molar-refractivity contribution is 8.00. The fraction of sp³-hybridized carbons (Fsp3) is 0.241. The van der Waals surface area contributed by atoms with Crippen molar-refractivity contribution in [2.24, 2.45) is 0 Å². The minimum absolute atomic E-state index is 0.273. The lowest BCUT2D eigenvalue weighted by molar-refractivity contribution is -0.274. The second-order valence-corrected chi connectivity index (χ2v) is 10.2. The van der Waals surface area contributed by atoms with Crippen molar-refractivity contribution in [2.75, 3.05) is 23.8 Å². The Bertz CT molecular complexity index is 1490. The summed E-state index contributed by atoms with van der Waals surface area (Å²) in [5, 5.41) is 5.25. The number of ether oxygens (including phenoxy) is 2. The number of nitrogens with zero attached hydrogens (tertiary/aromatic N) is 2. The summed E-state index contributed by atoms with van der Waals surface area (Å²) in [6.45, 7) is 0.371. The van der Waals surface area contributed by atoms with Crippen molar-refractivity contribution < 1.29 is 27.4 Å². The molecule has 0 saturated heterocycles. The summed E-state index contributed by atoms with van der Waals surface area (Å²) in [4.78, 5) is 17.9.